The minimum Gasteiger partial charge on any atom is -0.457 e. The Labute approximate surface area is 251 Å². The Morgan fingerprint density at radius 2 is 0.825 bits per heavy atom. The number of hydrogen-bond donors (Lipinski definition) is 1. The molecule has 0 rings (SSSR count). The van der Waals surface area contributed by atoms with Crippen LogP contribution in [-0.4, -0.2) is 37.0 Å². The molecule has 0 aromatic carbocycles. The molecule has 40 heavy (non-hydrogen) atoms. The molecule has 0 saturated heterocycles. The van der Waals surface area contributed by atoms with Gasteiger partial charge >= 0.3 is 5.97 Å². The summed E-state index contributed by atoms with van der Waals surface area (Å²) in [5, 5.41) is 9.53. The van der Waals surface area contributed by atoms with Crippen molar-refractivity contribution in [1.82, 2.24) is 0 Å². The van der Waals surface area contributed by atoms with E-state index in [0.717, 1.165) is 19.3 Å². The zero-order chi connectivity index (χ0) is 29.2. The second kappa shape index (κ2) is 34.6. The summed E-state index contributed by atoms with van der Waals surface area (Å²) >= 11 is 0. The lowest BCUT2D eigenvalue weighted by Gasteiger charge is -2.16. The Hall–Kier alpha value is -0.610. The number of ether oxygens (including phenoxy) is 2. The number of aliphatic hydroxyl groups excluding tert-OH is 1. The van der Waals surface area contributed by atoms with Gasteiger partial charge in [0.25, 0.3) is 0 Å². The molecule has 1 N–H and O–H groups in total. The Morgan fingerprint density at radius 3 is 1.18 bits per heavy atom. The molecule has 0 saturated carbocycles. The van der Waals surface area contributed by atoms with Crippen molar-refractivity contribution in [3.8, 4) is 0 Å². The second-order valence-electron chi connectivity index (χ2n) is 12.3. The van der Waals surface area contributed by atoms with Crippen molar-refractivity contribution in [2.75, 3.05) is 19.8 Å². The predicted octanol–water partition coefficient (Wildman–Crippen LogP) is 11.3. The first kappa shape index (κ1) is 39.4. The highest BCUT2D eigenvalue weighted by Gasteiger charge is 2.13. The van der Waals surface area contributed by atoms with E-state index in [0.29, 0.717) is 19.6 Å². The number of esters is 1. The van der Waals surface area contributed by atoms with E-state index in [-0.39, 0.29) is 12.6 Å². The third kappa shape index (κ3) is 31.9. The van der Waals surface area contributed by atoms with Crippen LogP contribution < -0.4 is 0 Å². The molecule has 0 aliphatic heterocycles. The lowest BCUT2D eigenvalue weighted by molar-refractivity contribution is -0.154. The van der Waals surface area contributed by atoms with Crippen LogP contribution in [0.15, 0.2) is 0 Å². The maximum absolute atomic E-state index is 12.1. The molecule has 4 heteroatoms. The molecule has 1 atom stereocenters. The number of aliphatic hydroxyl groups is 1. The summed E-state index contributed by atoms with van der Waals surface area (Å²) in [6.07, 6.45) is 37.1. The Morgan fingerprint density at radius 1 is 0.500 bits per heavy atom. The summed E-state index contributed by atoms with van der Waals surface area (Å²) in [6.45, 7) is 5.38. The van der Waals surface area contributed by atoms with Gasteiger partial charge < -0.3 is 14.6 Å². The number of unbranched alkanes of at least 4 members (excludes halogenated alkanes) is 26. The highest BCUT2D eigenvalue weighted by molar-refractivity contribution is 5.69. The van der Waals surface area contributed by atoms with Gasteiger partial charge in [-0.15, -0.1) is 0 Å². The third-order valence-electron chi connectivity index (χ3n) is 8.18. The molecule has 4 nitrogen and oxygen atoms in total. The molecule has 0 aromatic rings. The van der Waals surface area contributed by atoms with Gasteiger partial charge in [-0.25, -0.2) is 0 Å². The van der Waals surface area contributed by atoms with E-state index in [1.807, 2.05) is 0 Å². The lowest BCUT2D eigenvalue weighted by Crippen LogP contribution is -2.27. The number of rotatable bonds is 34. The van der Waals surface area contributed by atoms with Crippen molar-refractivity contribution in [2.24, 2.45) is 0 Å². The van der Waals surface area contributed by atoms with E-state index in [1.54, 1.807) is 0 Å². The molecular weight excluding hydrogens is 496 g/mol. The molecule has 0 aliphatic carbocycles. The molecule has 0 spiro atoms. The standard InChI is InChI=1S/C36H72O4/c1-3-5-7-9-11-13-15-17-18-19-20-22-24-26-28-30-32-39-34-35(33-37)40-36(38)31-29-27-25-23-21-16-14-12-10-8-6-4-2/h35,37H,3-34H2,1-2H3. The van der Waals surface area contributed by atoms with Gasteiger partial charge in [-0.05, 0) is 12.8 Å². The minimum absolute atomic E-state index is 0.164. The van der Waals surface area contributed by atoms with Gasteiger partial charge in [0.1, 0.15) is 6.10 Å². The maximum Gasteiger partial charge on any atom is 0.306 e. The maximum atomic E-state index is 12.1. The molecule has 0 amide bonds. The van der Waals surface area contributed by atoms with Crippen molar-refractivity contribution in [3.05, 3.63) is 0 Å². The van der Waals surface area contributed by atoms with Gasteiger partial charge in [0.2, 0.25) is 0 Å². The van der Waals surface area contributed by atoms with Gasteiger partial charge in [-0.2, -0.15) is 0 Å². The summed E-state index contributed by atoms with van der Waals surface area (Å²) in [5.41, 5.74) is 0. The van der Waals surface area contributed by atoms with Crippen molar-refractivity contribution in [2.45, 2.75) is 206 Å². The van der Waals surface area contributed by atoms with E-state index in [4.69, 9.17) is 9.47 Å². The van der Waals surface area contributed by atoms with Crippen LogP contribution in [0.25, 0.3) is 0 Å². The fourth-order valence-corrected chi connectivity index (χ4v) is 5.45. The average molecular weight is 569 g/mol. The van der Waals surface area contributed by atoms with Crippen molar-refractivity contribution in [3.63, 3.8) is 0 Å². The normalized spacial score (nSPS) is 12.2. The van der Waals surface area contributed by atoms with E-state index in [9.17, 15) is 9.90 Å². The SMILES string of the molecule is CCCCCCCCCCCCCCCCCCOCC(CO)OC(=O)CCCCCCCCCCCCCC. The third-order valence-corrected chi connectivity index (χ3v) is 8.18. The topological polar surface area (TPSA) is 55.8 Å². The molecule has 0 aromatic heterocycles. The van der Waals surface area contributed by atoms with E-state index >= 15 is 0 Å². The van der Waals surface area contributed by atoms with Gasteiger partial charge in [0.05, 0.1) is 13.2 Å². The molecule has 0 aliphatic rings. The van der Waals surface area contributed by atoms with E-state index < -0.39 is 6.10 Å². The molecule has 0 bridgehead atoms. The highest BCUT2D eigenvalue weighted by Crippen LogP contribution is 2.15. The van der Waals surface area contributed by atoms with Crippen LogP contribution in [0.4, 0.5) is 0 Å². The summed E-state index contributed by atoms with van der Waals surface area (Å²) in [7, 11) is 0. The average Bonchev–Trinajstić information content (AvgIpc) is 2.96. The van der Waals surface area contributed by atoms with Crippen LogP contribution in [0.1, 0.15) is 200 Å². The van der Waals surface area contributed by atoms with Crippen molar-refractivity contribution >= 4 is 5.97 Å². The number of hydrogen-bond acceptors (Lipinski definition) is 4. The molecule has 1 unspecified atom stereocenters. The fraction of sp³-hybridized carbons (Fsp3) is 0.972. The van der Waals surface area contributed by atoms with Crippen molar-refractivity contribution < 1.29 is 19.4 Å². The highest BCUT2D eigenvalue weighted by atomic mass is 16.6. The first-order valence-electron chi connectivity index (χ1n) is 18.1. The lowest BCUT2D eigenvalue weighted by atomic mass is 10.0. The molecule has 0 radical (unpaired) electrons. The smallest absolute Gasteiger partial charge is 0.306 e. The molecule has 0 heterocycles. The largest absolute Gasteiger partial charge is 0.457 e. The molecule has 0 fully saturated rings. The van der Waals surface area contributed by atoms with Gasteiger partial charge in [0.15, 0.2) is 0 Å². The van der Waals surface area contributed by atoms with E-state index in [1.165, 1.54) is 161 Å². The molecular formula is C36H72O4. The van der Waals surface area contributed by atoms with Crippen LogP contribution in [0.5, 0.6) is 0 Å². The predicted molar refractivity (Wildman–Crippen MR) is 173 cm³/mol. The summed E-state index contributed by atoms with van der Waals surface area (Å²) in [5.74, 6) is -0.197. The summed E-state index contributed by atoms with van der Waals surface area (Å²) in [6, 6.07) is 0. The Kier molecular flexibility index (Phi) is 34.1. The van der Waals surface area contributed by atoms with E-state index in [2.05, 4.69) is 13.8 Å². The number of carbonyl (C=O) groups excluding carboxylic acids is 1. The zero-order valence-corrected chi connectivity index (χ0v) is 27.4. The second-order valence-corrected chi connectivity index (χ2v) is 12.3. The summed E-state index contributed by atoms with van der Waals surface area (Å²) in [4.78, 5) is 12.1. The Bertz CT molecular complexity index is 481. The monoisotopic (exact) mass is 569 g/mol. The molecule has 240 valence electrons. The Balaban J connectivity index is 3.37. The van der Waals surface area contributed by atoms with Gasteiger partial charge in [-0.3, -0.25) is 4.79 Å². The van der Waals surface area contributed by atoms with Crippen LogP contribution >= 0.6 is 0 Å². The van der Waals surface area contributed by atoms with Crippen LogP contribution in [-0.2, 0) is 14.3 Å². The first-order chi connectivity index (χ1) is 19.7. The first-order valence-corrected chi connectivity index (χ1v) is 18.1. The quantitative estimate of drug-likeness (QED) is 0.0619. The van der Waals surface area contributed by atoms with Crippen LogP contribution in [0, 0.1) is 0 Å². The minimum atomic E-state index is -0.522. The van der Waals surface area contributed by atoms with Crippen LogP contribution in [0.2, 0.25) is 0 Å². The number of carbonyl (C=O) groups is 1. The zero-order valence-electron chi connectivity index (χ0n) is 27.4. The van der Waals surface area contributed by atoms with Crippen molar-refractivity contribution in [1.29, 1.82) is 0 Å². The van der Waals surface area contributed by atoms with Gasteiger partial charge in [0, 0.05) is 13.0 Å². The summed E-state index contributed by atoms with van der Waals surface area (Å²) < 4.78 is 11.1. The fourth-order valence-electron chi connectivity index (χ4n) is 5.45. The van der Waals surface area contributed by atoms with Crippen LogP contribution in [0.3, 0.4) is 0 Å². The van der Waals surface area contributed by atoms with Gasteiger partial charge in [-0.1, -0.05) is 181 Å².